The molecule has 1 aliphatic rings. The maximum absolute atomic E-state index is 13.3. The van der Waals surface area contributed by atoms with Crippen LogP contribution in [0.4, 0.5) is 4.39 Å². The molecule has 1 saturated heterocycles. The summed E-state index contributed by atoms with van der Waals surface area (Å²) >= 11 is 0. The minimum absolute atomic E-state index is 0.106. The van der Waals surface area contributed by atoms with Gasteiger partial charge in [-0.3, -0.25) is 9.69 Å². The molecule has 104 valence electrons. The third-order valence-corrected chi connectivity index (χ3v) is 3.26. The molecule has 1 aromatic carbocycles. The quantitative estimate of drug-likeness (QED) is 0.761. The van der Waals surface area contributed by atoms with Crippen LogP contribution in [0, 0.1) is 5.82 Å². The summed E-state index contributed by atoms with van der Waals surface area (Å²) in [7, 11) is 0. The van der Waals surface area contributed by atoms with E-state index in [-0.39, 0.29) is 11.3 Å². The van der Waals surface area contributed by atoms with E-state index in [1.807, 2.05) is 0 Å². The molecule has 1 atom stereocenters. The summed E-state index contributed by atoms with van der Waals surface area (Å²) in [5.74, 6) is -1.82. The van der Waals surface area contributed by atoms with Gasteiger partial charge in [0.25, 0.3) is 0 Å². The Morgan fingerprint density at radius 3 is 2.89 bits per heavy atom. The van der Waals surface area contributed by atoms with Crippen LogP contribution in [-0.4, -0.2) is 47.3 Å². The zero-order valence-electron chi connectivity index (χ0n) is 10.5. The fourth-order valence-corrected chi connectivity index (χ4v) is 2.36. The smallest absolute Gasteiger partial charge is 0.325 e. The number of aliphatic carboxylic acids is 1. The monoisotopic (exact) mass is 268 g/mol. The average Bonchev–Trinajstić information content (AvgIpc) is 2.62. The Kier molecular flexibility index (Phi) is 4.34. The maximum atomic E-state index is 13.3. The molecule has 1 aromatic rings. The maximum Gasteiger partial charge on any atom is 0.325 e. The van der Waals surface area contributed by atoms with Crippen molar-refractivity contribution < 1.29 is 19.4 Å². The molecule has 0 saturated carbocycles. The minimum Gasteiger partial charge on any atom is -0.508 e. The van der Waals surface area contributed by atoms with Crippen molar-refractivity contribution in [2.24, 2.45) is 0 Å². The molecule has 3 N–H and O–H groups in total. The Morgan fingerprint density at radius 2 is 2.16 bits per heavy atom. The number of nitrogens with zero attached hydrogens (tertiary/aromatic N) is 1. The lowest BCUT2D eigenvalue weighted by atomic mass is 10.0. The SMILES string of the molecule is O=C(O)C(c1cc(F)ccc1O)N1CCCNCC1. The highest BCUT2D eigenvalue weighted by atomic mass is 19.1. The first-order valence-electron chi connectivity index (χ1n) is 6.25. The van der Waals surface area contributed by atoms with Gasteiger partial charge in [0.2, 0.25) is 0 Å². The van der Waals surface area contributed by atoms with Crippen molar-refractivity contribution in [2.75, 3.05) is 26.2 Å². The summed E-state index contributed by atoms with van der Waals surface area (Å²) in [6, 6.07) is 2.38. The van der Waals surface area contributed by atoms with E-state index in [1.165, 1.54) is 6.07 Å². The van der Waals surface area contributed by atoms with Gasteiger partial charge in [0.1, 0.15) is 17.6 Å². The Bertz CT molecular complexity index is 459. The number of phenolic OH excluding ortho intramolecular Hbond substituents is 1. The second kappa shape index (κ2) is 5.99. The second-order valence-electron chi connectivity index (χ2n) is 4.58. The molecule has 0 amide bonds. The van der Waals surface area contributed by atoms with E-state index in [9.17, 15) is 19.4 Å². The van der Waals surface area contributed by atoms with Crippen LogP contribution in [-0.2, 0) is 4.79 Å². The molecule has 1 unspecified atom stereocenters. The molecule has 5 nitrogen and oxygen atoms in total. The van der Waals surface area contributed by atoms with Crippen molar-refractivity contribution in [1.29, 1.82) is 0 Å². The highest BCUT2D eigenvalue weighted by Gasteiger charge is 2.30. The number of carboxylic acid groups (broad SMARTS) is 1. The number of carbonyl (C=O) groups is 1. The molecule has 6 heteroatoms. The predicted molar refractivity (Wildman–Crippen MR) is 67.5 cm³/mol. The highest BCUT2D eigenvalue weighted by molar-refractivity contribution is 5.76. The summed E-state index contributed by atoms with van der Waals surface area (Å²) in [6.45, 7) is 2.66. The van der Waals surface area contributed by atoms with E-state index in [2.05, 4.69) is 5.32 Å². The zero-order chi connectivity index (χ0) is 13.8. The number of hydrogen-bond donors (Lipinski definition) is 3. The van der Waals surface area contributed by atoms with Gasteiger partial charge in [-0.05, 0) is 31.2 Å². The Labute approximate surface area is 110 Å². The fraction of sp³-hybridized carbons (Fsp3) is 0.462. The Hall–Kier alpha value is -1.66. The molecule has 2 rings (SSSR count). The third kappa shape index (κ3) is 3.21. The molecule has 1 fully saturated rings. The van der Waals surface area contributed by atoms with E-state index in [0.29, 0.717) is 19.6 Å². The highest BCUT2D eigenvalue weighted by Crippen LogP contribution is 2.30. The van der Waals surface area contributed by atoms with Crippen LogP contribution in [0.15, 0.2) is 18.2 Å². The summed E-state index contributed by atoms with van der Waals surface area (Å²) in [6.07, 6.45) is 0.819. The lowest BCUT2D eigenvalue weighted by molar-refractivity contribution is -0.143. The topological polar surface area (TPSA) is 72.8 Å². The van der Waals surface area contributed by atoms with Crippen LogP contribution < -0.4 is 5.32 Å². The van der Waals surface area contributed by atoms with Gasteiger partial charge in [-0.1, -0.05) is 0 Å². The first-order chi connectivity index (χ1) is 9.09. The average molecular weight is 268 g/mol. The number of carboxylic acids is 1. The predicted octanol–water partition coefficient (Wildman–Crippen LogP) is 0.952. The first kappa shape index (κ1) is 13.8. The van der Waals surface area contributed by atoms with Crippen molar-refractivity contribution in [1.82, 2.24) is 10.2 Å². The summed E-state index contributed by atoms with van der Waals surface area (Å²) in [5, 5.41) is 22.4. The van der Waals surface area contributed by atoms with E-state index >= 15 is 0 Å². The molecule has 1 heterocycles. The van der Waals surface area contributed by atoms with Gasteiger partial charge in [-0.2, -0.15) is 0 Å². The van der Waals surface area contributed by atoms with Gasteiger partial charge in [0, 0.05) is 25.2 Å². The molecule has 19 heavy (non-hydrogen) atoms. The van der Waals surface area contributed by atoms with Gasteiger partial charge in [0.05, 0.1) is 0 Å². The van der Waals surface area contributed by atoms with Crippen LogP contribution in [0.3, 0.4) is 0 Å². The molecular formula is C13H17FN2O3. The number of halogens is 1. The van der Waals surface area contributed by atoms with Gasteiger partial charge >= 0.3 is 5.97 Å². The number of benzene rings is 1. The second-order valence-corrected chi connectivity index (χ2v) is 4.58. The van der Waals surface area contributed by atoms with Crippen LogP contribution in [0.5, 0.6) is 5.75 Å². The zero-order valence-corrected chi connectivity index (χ0v) is 10.5. The van der Waals surface area contributed by atoms with Crippen LogP contribution >= 0.6 is 0 Å². The normalized spacial score (nSPS) is 18.8. The molecule has 0 aromatic heterocycles. The van der Waals surface area contributed by atoms with Crippen molar-refractivity contribution in [2.45, 2.75) is 12.5 Å². The Morgan fingerprint density at radius 1 is 1.37 bits per heavy atom. The van der Waals surface area contributed by atoms with Crippen molar-refractivity contribution in [3.63, 3.8) is 0 Å². The molecule has 0 aliphatic carbocycles. The van der Waals surface area contributed by atoms with Gasteiger partial charge in [-0.15, -0.1) is 0 Å². The molecular weight excluding hydrogens is 251 g/mol. The number of nitrogens with one attached hydrogen (secondary N) is 1. The van der Waals surface area contributed by atoms with E-state index in [0.717, 1.165) is 25.1 Å². The standard InChI is InChI=1S/C13H17FN2O3/c14-9-2-3-11(17)10(8-9)12(13(18)19)16-6-1-4-15-5-7-16/h2-3,8,12,15,17H,1,4-7H2,(H,18,19). The van der Waals surface area contributed by atoms with E-state index in [4.69, 9.17) is 0 Å². The first-order valence-corrected chi connectivity index (χ1v) is 6.25. The fourth-order valence-electron chi connectivity index (χ4n) is 2.36. The van der Waals surface area contributed by atoms with E-state index < -0.39 is 17.8 Å². The number of aromatic hydroxyl groups is 1. The summed E-state index contributed by atoms with van der Waals surface area (Å²) in [5.41, 5.74) is 0.106. The largest absolute Gasteiger partial charge is 0.508 e. The summed E-state index contributed by atoms with van der Waals surface area (Å²) < 4.78 is 13.3. The van der Waals surface area contributed by atoms with Gasteiger partial charge in [-0.25, -0.2) is 4.39 Å². The number of phenols is 1. The molecule has 0 bridgehead atoms. The minimum atomic E-state index is -1.08. The van der Waals surface area contributed by atoms with Crippen LogP contribution in [0.2, 0.25) is 0 Å². The molecule has 0 spiro atoms. The molecule has 0 radical (unpaired) electrons. The van der Waals surface area contributed by atoms with Crippen molar-refractivity contribution in [3.05, 3.63) is 29.6 Å². The molecule has 1 aliphatic heterocycles. The lowest BCUT2D eigenvalue weighted by Crippen LogP contribution is -2.36. The van der Waals surface area contributed by atoms with Crippen LogP contribution in [0.1, 0.15) is 18.0 Å². The lowest BCUT2D eigenvalue weighted by Gasteiger charge is -2.27. The van der Waals surface area contributed by atoms with E-state index in [1.54, 1.807) is 4.90 Å². The van der Waals surface area contributed by atoms with Gasteiger partial charge in [0.15, 0.2) is 0 Å². The van der Waals surface area contributed by atoms with Crippen molar-refractivity contribution >= 4 is 5.97 Å². The summed E-state index contributed by atoms with van der Waals surface area (Å²) in [4.78, 5) is 13.2. The van der Waals surface area contributed by atoms with Crippen molar-refractivity contribution in [3.8, 4) is 5.75 Å². The third-order valence-electron chi connectivity index (χ3n) is 3.26. The van der Waals surface area contributed by atoms with Gasteiger partial charge < -0.3 is 15.5 Å². The Balaban J connectivity index is 2.33. The number of hydrogen-bond acceptors (Lipinski definition) is 4. The van der Waals surface area contributed by atoms with Crippen LogP contribution in [0.25, 0.3) is 0 Å². The number of rotatable bonds is 3.